The van der Waals surface area contributed by atoms with Crippen molar-refractivity contribution in [3.8, 4) is 0 Å². The molecule has 0 unspecified atom stereocenters. The minimum Gasteiger partial charge on any atom is -0.428 e. The van der Waals surface area contributed by atoms with E-state index >= 15 is 0 Å². The molecule has 1 aliphatic rings. The molecule has 0 aliphatic carbocycles. The molecule has 0 saturated carbocycles. The molecule has 2 N–H and O–H groups in total. The molecule has 2 amide bonds. The molecular formula is C21H13N3O3. The summed E-state index contributed by atoms with van der Waals surface area (Å²) in [7, 11) is 1.50. The number of rotatable bonds is 0. The van der Waals surface area contributed by atoms with Crippen LogP contribution < -0.4 is 0 Å². The minimum absolute atomic E-state index is 0.318. The van der Waals surface area contributed by atoms with Gasteiger partial charge in [-0.3, -0.25) is 14.5 Å². The summed E-state index contributed by atoms with van der Waals surface area (Å²) in [6, 6.07) is 15.0. The van der Waals surface area contributed by atoms with Gasteiger partial charge in [0.1, 0.15) is 5.52 Å². The molecule has 3 heterocycles. The highest BCUT2D eigenvalue weighted by Crippen LogP contribution is 2.44. The fourth-order valence-corrected chi connectivity index (χ4v) is 4.39. The van der Waals surface area contributed by atoms with Gasteiger partial charge in [-0.1, -0.05) is 36.4 Å². The molecular weight excluding hydrogens is 342 g/mol. The fraction of sp³-hybridized carbons (Fsp3) is 0.0476. The molecule has 0 saturated heterocycles. The van der Waals surface area contributed by atoms with E-state index in [1.165, 1.54) is 7.05 Å². The van der Waals surface area contributed by atoms with Crippen molar-refractivity contribution in [1.82, 2.24) is 14.6 Å². The van der Waals surface area contributed by atoms with Crippen LogP contribution in [0.2, 0.25) is 0 Å². The van der Waals surface area contributed by atoms with Crippen molar-refractivity contribution >= 4 is 55.4 Å². The van der Waals surface area contributed by atoms with Crippen molar-refractivity contribution in [2.24, 2.45) is 0 Å². The number of benzene rings is 3. The number of fused-ring (bicyclic) bond motifs is 10. The van der Waals surface area contributed by atoms with Crippen molar-refractivity contribution < 1.29 is 14.8 Å². The van der Waals surface area contributed by atoms with Crippen LogP contribution in [0.3, 0.4) is 0 Å². The number of para-hydroxylation sites is 2. The second kappa shape index (κ2) is 4.48. The number of aromatic amines is 1. The van der Waals surface area contributed by atoms with Crippen LogP contribution in [-0.4, -0.2) is 38.7 Å². The Kier molecular flexibility index (Phi) is 2.38. The van der Waals surface area contributed by atoms with E-state index in [1.54, 1.807) is 6.07 Å². The van der Waals surface area contributed by atoms with Crippen LogP contribution in [0.1, 0.15) is 20.7 Å². The number of aromatic nitrogens is 2. The van der Waals surface area contributed by atoms with Gasteiger partial charge in [0.15, 0.2) is 0 Å². The number of amides is 2. The Bertz CT molecular complexity index is 1490. The summed E-state index contributed by atoms with van der Waals surface area (Å²) in [5, 5.41) is 13.8. The van der Waals surface area contributed by atoms with Gasteiger partial charge in [-0.25, -0.2) is 0 Å². The monoisotopic (exact) mass is 355 g/mol. The van der Waals surface area contributed by atoms with E-state index in [-0.39, 0.29) is 11.8 Å². The van der Waals surface area contributed by atoms with Gasteiger partial charge in [0, 0.05) is 34.1 Å². The topological polar surface area (TPSA) is 78.3 Å². The highest BCUT2D eigenvalue weighted by atomic mass is 16.5. The Labute approximate surface area is 152 Å². The first kappa shape index (κ1) is 14.4. The van der Waals surface area contributed by atoms with Gasteiger partial charge < -0.3 is 10.2 Å². The third-order valence-corrected chi connectivity index (χ3v) is 5.58. The normalized spacial score (nSPS) is 14.3. The van der Waals surface area contributed by atoms with E-state index in [9.17, 15) is 14.8 Å². The molecule has 6 heteroatoms. The van der Waals surface area contributed by atoms with Gasteiger partial charge in [-0.2, -0.15) is 4.73 Å². The first-order chi connectivity index (χ1) is 13.1. The minimum atomic E-state index is -0.344. The van der Waals surface area contributed by atoms with Crippen molar-refractivity contribution in [3.63, 3.8) is 0 Å². The summed E-state index contributed by atoms with van der Waals surface area (Å²) in [4.78, 5) is 30.4. The third kappa shape index (κ3) is 1.48. The van der Waals surface area contributed by atoms with E-state index in [0.717, 1.165) is 25.9 Å². The number of hydrogen-bond acceptors (Lipinski definition) is 3. The lowest BCUT2D eigenvalue weighted by Gasteiger charge is -2.04. The number of carbonyl (C=O) groups is 2. The van der Waals surface area contributed by atoms with Gasteiger partial charge in [0.05, 0.1) is 22.2 Å². The molecule has 0 spiro atoms. The maximum Gasteiger partial charge on any atom is 0.262 e. The predicted octanol–water partition coefficient (Wildman–Crippen LogP) is 3.89. The van der Waals surface area contributed by atoms with Crippen LogP contribution in [-0.2, 0) is 0 Å². The van der Waals surface area contributed by atoms with Crippen LogP contribution in [0, 0.1) is 0 Å². The lowest BCUT2D eigenvalue weighted by molar-refractivity contribution is 0.0694. The quantitative estimate of drug-likeness (QED) is 0.327. The first-order valence-electron chi connectivity index (χ1n) is 8.60. The van der Waals surface area contributed by atoms with Crippen molar-refractivity contribution in [2.45, 2.75) is 0 Å². The molecule has 5 aromatic rings. The standard InChI is InChI=1S/C21H13N3O3/c1-23-20(25)16-14-10-6-2-4-8-12(10)22-18(14)19-15(17(16)21(23)26)11-7-3-5-9-13(11)24(19)27/h2-9,22,27H,1H3. The molecule has 6 nitrogen and oxygen atoms in total. The number of nitrogens with one attached hydrogen (secondary N) is 1. The van der Waals surface area contributed by atoms with Crippen molar-refractivity contribution in [2.75, 3.05) is 7.05 Å². The highest BCUT2D eigenvalue weighted by Gasteiger charge is 2.39. The zero-order valence-electron chi connectivity index (χ0n) is 14.3. The van der Waals surface area contributed by atoms with Crippen LogP contribution in [0.25, 0.3) is 43.6 Å². The number of nitrogens with zero attached hydrogens (tertiary/aromatic N) is 2. The third-order valence-electron chi connectivity index (χ3n) is 5.58. The molecule has 2 aromatic heterocycles. The average molecular weight is 355 g/mol. The fourth-order valence-electron chi connectivity index (χ4n) is 4.39. The summed E-state index contributed by atoms with van der Waals surface area (Å²) in [5.41, 5.74) is 3.37. The zero-order valence-corrected chi connectivity index (χ0v) is 14.3. The lowest BCUT2D eigenvalue weighted by Crippen LogP contribution is -2.24. The van der Waals surface area contributed by atoms with Gasteiger partial charge in [0.2, 0.25) is 0 Å². The molecule has 3 aromatic carbocycles. The highest BCUT2D eigenvalue weighted by molar-refractivity contribution is 6.39. The number of hydrogen-bond donors (Lipinski definition) is 2. The number of H-pyrrole nitrogens is 1. The summed E-state index contributed by atoms with van der Waals surface area (Å²) in [5.74, 6) is -0.662. The molecule has 6 rings (SSSR count). The largest absolute Gasteiger partial charge is 0.428 e. The van der Waals surface area contributed by atoms with E-state index in [0.29, 0.717) is 38.4 Å². The van der Waals surface area contributed by atoms with E-state index in [2.05, 4.69) is 4.98 Å². The number of carbonyl (C=O) groups excluding carboxylic acids is 2. The van der Waals surface area contributed by atoms with Crippen LogP contribution in [0.4, 0.5) is 0 Å². The molecule has 0 bridgehead atoms. The Balaban J connectivity index is 2.05. The van der Waals surface area contributed by atoms with E-state index < -0.39 is 0 Å². The van der Waals surface area contributed by atoms with Gasteiger partial charge in [-0.05, 0) is 12.1 Å². The van der Waals surface area contributed by atoms with Crippen LogP contribution in [0.15, 0.2) is 48.5 Å². The Morgan fingerprint density at radius 1 is 0.852 bits per heavy atom. The molecule has 27 heavy (non-hydrogen) atoms. The number of imide groups is 1. The van der Waals surface area contributed by atoms with Gasteiger partial charge in [0.25, 0.3) is 11.8 Å². The van der Waals surface area contributed by atoms with E-state index in [1.807, 2.05) is 42.5 Å². The maximum absolute atomic E-state index is 13.0. The maximum atomic E-state index is 13.0. The Morgan fingerprint density at radius 3 is 2.26 bits per heavy atom. The molecule has 0 radical (unpaired) electrons. The van der Waals surface area contributed by atoms with E-state index in [4.69, 9.17) is 0 Å². The van der Waals surface area contributed by atoms with Gasteiger partial charge >= 0.3 is 0 Å². The second-order valence-electron chi connectivity index (χ2n) is 6.89. The first-order valence-corrected chi connectivity index (χ1v) is 8.60. The molecule has 130 valence electrons. The smallest absolute Gasteiger partial charge is 0.262 e. The Morgan fingerprint density at radius 2 is 1.48 bits per heavy atom. The molecule has 0 atom stereocenters. The Hall–Kier alpha value is -3.80. The van der Waals surface area contributed by atoms with Crippen molar-refractivity contribution in [1.29, 1.82) is 0 Å². The summed E-state index contributed by atoms with van der Waals surface area (Å²) in [6.07, 6.45) is 0. The lowest BCUT2D eigenvalue weighted by atomic mass is 9.97. The molecule has 1 aliphatic heterocycles. The summed E-state index contributed by atoms with van der Waals surface area (Å²) >= 11 is 0. The zero-order chi connectivity index (χ0) is 18.4. The van der Waals surface area contributed by atoms with Gasteiger partial charge in [-0.15, -0.1) is 0 Å². The van der Waals surface area contributed by atoms with Crippen molar-refractivity contribution in [3.05, 3.63) is 59.7 Å². The summed E-state index contributed by atoms with van der Waals surface area (Å²) < 4.78 is 1.11. The summed E-state index contributed by atoms with van der Waals surface area (Å²) in [6.45, 7) is 0. The average Bonchev–Trinajstić information content (AvgIpc) is 3.28. The second-order valence-corrected chi connectivity index (χ2v) is 6.89. The van der Waals surface area contributed by atoms with Crippen LogP contribution >= 0.6 is 0 Å². The predicted molar refractivity (Wildman–Crippen MR) is 102 cm³/mol. The molecule has 0 fully saturated rings. The van der Waals surface area contributed by atoms with Crippen LogP contribution in [0.5, 0.6) is 0 Å². The SMILES string of the molecule is CN1C(=O)c2c(c3c4ccccc4n(O)c3c3[nH]c4ccccc4c23)C1=O.